The van der Waals surface area contributed by atoms with E-state index in [4.69, 9.17) is 15.3 Å². The van der Waals surface area contributed by atoms with E-state index in [1.807, 2.05) is 0 Å². The SMILES string of the molecule is O=C(O)c1ccccc1CC(=O)N(CCO)CCO. The second-order valence-electron chi connectivity index (χ2n) is 3.97. The number of aromatic carboxylic acids is 1. The number of rotatable bonds is 7. The van der Waals surface area contributed by atoms with Crippen LogP contribution in [0.4, 0.5) is 0 Å². The van der Waals surface area contributed by atoms with Crippen LogP contribution in [0.5, 0.6) is 0 Å². The molecule has 0 spiro atoms. The smallest absolute Gasteiger partial charge is 0.335 e. The first-order chi connectivity index (χ1) is 9.10. The number of carbonyl (C=O) groups is 2. The predicted molar refractivity (Wildman–Crippen MR) is 67.9 cm³/mol. The van der Waals surface area contributed by atoms with Crippen LogP contribution in [0.25, 0.3) is 0 Å². The van der Waals surface area contributed by atoms with Gasteiger partial charge in [-0.3, -0.25) is 4.79 Å². The average Bonchev–Trinajstić information content (AvgIpc) is 2.38. The van der Waals surface area contributed by atoms with E-state index in [-0.39, 0.29) is 44.2 Å². The van der Waals surface area contributed by atoms with Gasteiger partial charge in [-0.1, -0.05) is 18.2 Å². The standard InChI is InChI=1S/C13H17NO5/c15-7-5-14(6-8-16)12(17)9-10-3-1-2-4-11(10)13(18)19/h1-4,15-16H,5-9H2,(H,18,19). The zero-order valence-corrected chi connectivity index (χ0v) is 10.5. The van der Waals surface area contributed by atoms with Crippen molar-refractivity contribution in [3.05, 3.63) is 35.4 Å². The monoisotopic (exact) mass is 267 g/mol. The van der Waals surface area contributed by atoms with Crippen LogP contribution in [0.3, 0.4) is 0 Å². The van der Waals surface area contributed by atoms with Crippen LogP contribution < -0.4 is 0 Å². The summed E-state index contributed by atoms with van der Waals surface area (Å²) in [6.45, 7) is -0.165. The second kappa shape index (κ2) is 7.50. The first-order valence-corrected chi connectivity index (χ1v) is 5.90. The van der Waals surface area contributed by atoms with Gasteiger partial charge in [-0.25, -0.2) is 4.79 Å². The summed E-state index contributed by atoms with van der Waals surface area (Å²) < 4.78 is 0. The van der Waals surface area contributed by atoms with Crippen molar-refractivity contribution >= 4 is 11.9 Å². The molecule has 1 aromatic rings. The van der Waals surface area contributed by atoms with Gasteiger partial charge in [0.25, 0.3) is 0 Å². The summed E-state index contributed by atoms with van der Waals surface area (Å²) >= 11 is 0. The zero-order chi connectivity index (χ0) is 14.3. The average molecular weight is 267 g/mol. The maximum atomic E-state index is 12.0. The summed E-state index contributed by atoms with van der Waals surface area (Å²) in [6, 6.07) is 6.28. The first kappa shape index (κ1) is 15.1. The molecule has 3 N–H and O–H groups in total. The number of amides is 1. The van der Waals surface area contributed by atoms with Crippen molar-refractivity contribution < 1.29 is 24.9 Å². The molecule has 0 aliphatic rings. The quantitative estimate of drug-likeness (QED) is 0.632. The Morgan fingerprint density at radius 2 is 1.63 bits per heavy atom. The molecular formula is C13H17NO5. The molecule has 1 amide bonds. The fraction of sp³-hybridized carbons (Fsp3) is 0.385. The van der Waals surface area contributed by atoms with E-state index in [0.717, 1.165) is 0 Å². The number of benzene rings is 1. The van der Waals surface area contributed by atoms with Crippen molar-refractivity contribution in [2.45, 2.75) is 6.42 Å². The molecule has 0 bridgehead atoms. The van der Waals surface area contributed by atoms with E-state index in [1.54, 1.807) is 18.2 Å². The van der Waals surface area contributed by atoms with E-state index in [2.05, 4.69) is 0 Å². The molecule has 0 aromatic heterocycles. The van der Waals surface area contributed by atoms with Crippen LogP contribution >= 0.6 is 0 Å². The van der Waals surface area contributed by atoms with Gasteiger partial charge in [0.15, 0.2) is 0 Å². The van der Waals surface area contributed by atoms with Gasteiger partial charge in [0.2, 0.25) is 5.91 Å². The van der Waals surface area contributed by atoms with Crippen LogP contribution in [0.1, 0.15) is 15.9 Å². The van der Waals surface area contributed by atoms with Crippen molar-refractivity contribution in [3.63, 3.8) is 0 Å². The summed E-state index contributed by atoms with van der Waals surface area (Å²) in [5.41, 5.74) is 0.504. The van der Waals surface area contributed by atoms with E-state index < -0.39 is 5.97 Å². The number of hydrogen-bond donors (Lipinski definition) is 3. The van der Waals surface area contributed by atoms with Gasteiger partial charge in [0.1, 0.15) is 0 Å². The molecule has 1 rings (SSSR count). The predicted octanol–water partition coefficient (Wildman–Crippen LogP) is -0.259. The van der Waals surface area contributed by atoms with Gasteiger partial charge in [0.05, 0.1) is 25.2 Å². The first-order valence-electron chi connectivity index (χ1n) is 5.90. The maximum Gasteiger partial charge on any atom is 0.335 e. The fourth-order valence-electron chi connectivity index (χ4n) is 1.76. The number of hydrogen-bond acceptors (Lipinski definition) is 4. The molecule has 19 heavy (non-hydrogen) atoms. The van der Waals surface area contributed by atoms with Crippen molar-refractivity contribution in [1.82, 2.24) is 4.90 Å². The number of carboxylic acids is 1. The lowest BCUT2D eigenvalue weighted by atomic mass is 10.0. The van der Waals surface area contributed by atoms with Crippen LogP contribution in [0.15, 0.2) is 24.3 Å². The molecule has 0 atom stereocenters. The molecule has 0 aliphatic heterocycles. The Labute approximate surface area is 110 Å². The van der Waals surface area contributed by atoms with Crippen molar-refractivity contribution in [1.29, 1.82) is 0 Å². The summed E-state index contributed by atoms with van der Waals surface area (Å²) in [6.07, 6.45) is -0.0670. The molecule has 6 nitrogen and oxygen atoms in total. The number of carboxylic acid groups (broad SMARTS) is 1. The van der Waals surface area contributed by atoms with E-state index in [1.165, 1.54) is 11.0 Å². The molecular weight excluding hydrogens is 250 g/mol. The fourth-order valence-corrected chi connectivity index (χ4v) is 1.76. The third-order valence-corrected chi connectivity index (χ3v) is 2.68. The molecule has 0 saturated heterocycles. The summed E-state index contributed by atoms with van der Waals surface area (Å²) in [5.74, 6) is -1.41. The van der Waals surface area contributed by atoms with Crippen LogP contribution in [-0.4, -0.2) is 58.4 Å². The lowest BCUT2D eigenvalue weighted by Crippen LogP contribution is -2.37. The largest absolute Gasteiger partial charge is 0.478 e. The van der Waals surface area contributed by atoms with E-state index >= 15 is 0 Å². The normalized spacial score (nSPS) is 10.2. The molecule has 0 unspecified atom stereocenters. The zero-order valence-electron chi connectivity index (χ0n) is 10.5. The van der Waals surface area contributed by atoms with Crippen LogP contribution in [0, 0.1) is 0 Å². The Kier molecular flexibility index (Phi) is 5.98. The third kappa shape index (κ3) is 4.35. The van der Waals surface area contributed by atoms with Gasteiger partial charge >= 0.3 is 5.97 Å². The van der Waals surface area contributed by atoms with Crippen LogP contribution in [-0.2, 0) is 11.2 Å². The molecule has 0 saturated carbocycles. The number of aliphatic hydroxyl groups excluding tert-OH is 2. The highest BCUT2D eigenvalue weighted by molar-refractivity contribution is 5.91. The van der Waals surface area contributed by atoms with Gasteiger partial charge < -0.3 is 20.2 Å². The van der Waals surface area contributed by atoms with Gasteiger partial charge in [0, 0.05) is 13.1 Å². The number of nitrogens with zero attached hydrogens (tertiary/aromatic N) is 1. The minimum Gasteiger partial charge on any atom is -0.478 e. The molecule has 0 fully saturated rings. The highest BCUT2D eigenvalue weighted by atomic mass is 16.4. The molecule has 104 valence electrons. The molecule has 1 aromatic carbocycles. The highest BCUT2D eigenvalue weighted by Crippen LogP contribution is 2.11. The summed E-state index contributed by atoms with van der Waals surface area (Å²) in [5, 5.41) is 26.7. The van der Waals surface area contributed by atoms with Gasteiger partial charge in [-0.2, -0.15) is 0 Å². The molecule has 0 radical (unpaired) electrons. The second-order valence-corrected chi connectivity index (χ2v) is 3.97. The Morgan fingerprint density at radius 3 is 2.16 bits per heavy atom. The van der Waals surface area contributed by atoms with E-state index in [9.17, 15) is 9.59 Å². The van der Waals surface area contributed by atoms with Crippen molar-refractivity contribution in [2.24, 2.45) is 0 Å². The Balaban J connectivity index is 2.83. The topological polar surface area (TPSA) is 98.1 Å². The van der Waals surface area contributed by atoms with E-state index in [0.29, 0.717) is 5.56 Å². The minimum atomic E-state index is -1.08. The Morgan fingerprint density at radius 1 is 1.05 bits per heavy atom. The lowest BCUT2D eigenvalue weighted by molar-refractivity contribution is -0.131. The summed E-state index contributed by atoms with van der Waals surface area (Å²) in [4.78, 5) is 24.3. The number of aliphatic hydroxyl groups is 2. The van der Waals surface area contributed by atoms with Gasteiger partial charge in [-0.05, 0) is 11.6 Å². The molecule has 0 aliphatic carbocycles. The lowest BCUT2D eigenvalue weighted by Gasteiger charge is -2.21. The molecule has 6 heteroatoms. The van der Waals surface area contributed by atoms with Crippen LogP contribution in [0.2, 0.25) is 0 Å². The maximum absolute atomic E-state index is 12.0. The Bertz CT molecular complexity index is 440. The highest BCUT2D eigenvalue weighted by Gasteiger charge is 2.16. The van der Waals surface area contributed by atoms with Crippen molar-refractivity contribution in [2.75, 3.05) is 26.3 Å². The molecule has 0 heterocycles. The number of carbonyl (C=O) groups excluding carboxylic acids is 1. The van der Waals surface area contributed by atoms with Gasteiger partial charge in [-0.15, -0.1) is 0 Å². The third-order valence-electron chi connectivity index (χ3n) is 2.68. The van der Waals surface area contributed by atoms with Crippen molar-refractivity contribution in [3.8, 4) is 0 Å². The Hall–Kier alpha value is -1.92. The minimum absolute atomic E-state index is 0.0670. The summed E-state index contributed by atoms with van der Waals surface area (Å²) in [7, 11) is 0.